The molecule has 1 rings (SSSR count). The molecule has 1 fully saturated rings. The van der Waals surface area contributed by atoms with Gasteiger partial charge in [0.25, 0.3) is 0 Å². The molecule has 1 amide bonds. The maximum absolute atomic E-state index is 10.6. The molecule has 1 atom stereocenters. The number of nitrogens with zero attached hydrogens (tertiary/aromatic N) is 2. The number of hydrogen-bond acceptors (Lipinski definition) is 2. The number of carbonyl (C=O) groups is 1. The molecular formula is C8H15N2O2. The van der Waals surface area contributed by atoms with Gasteiger partial charge in [0.1, 0.15) is 6.17 Å². The second-order valence-corrected chi connectivity index (χ2v) is 3.84. The monoisotopic (exact) mass is 171 g/mol. The van der Waals surface area contributed by atoms with E-state index >= 15 is 0 Å². The van der Waals surface area contributed by atoms with E-state index in [4.69, 9.17) is 4.84 Å². The molecule has 1 unspecified atom stereocenters. The summed E-state index contributed by atoms with van der Waals surface area (Å²) in [4.78, 5) is 15.9. The highest BCUT2D eigenvalue weighted by atomic mass is 16.7. The van der Waals surface area contributed by atoms with E-state index < -0.39 is 0 Å². The summed E-state index contributed by atoms with van der Waals surface area (Å²) < 4.78 is 0. The van der Waals surface area contributed by atoms with Gasteiger partial charge in [-0.05, 0) is 27.2 Å². The topological polar surface area (TPSA) is 43.6 Å². The van der Waals surface area contributed by atoms with E-state index in [-0.39, 0.29) is 11.8 Å². The van der Waals surface area contributed by atoms with E-state index in [0.29, 0.717) is 6.41 Å². The third-order valence-electron chi connectivity index (χ3n) is 1.50. The Kier molecular flexibility index (Phi) is 2.69. The minimum absolute atomic E-state index is 0.0540. The van der Waals surface area contributed by atoms with Crippen molar-refractivity contribution < 1.29 is 9.63 Å². The van der Waals surface area contributed by atoms with Crippen molar-refractivity contribution in [3.05, 3.63) is 0 Å². The van der Waals surface area contributed by atoms with Gasteiger partial charge in [0.05, 0.1) is 5.60 Å². The van der Waals surface area contributed by atoms with Crippen LogP contribution in [0.3, 0.4) is 0 Å². The summed E-state index contributed by atoms with van der Waals surface area (Å²) in [5, 5.41) is 5.39. The molecule has 69 valence electrons. The highest BCUT2D eigenvalue weighted by Crippen LogP contribution is 2.15. The Morgan fingerprint density at radius 1 is 1.58 bits per heavy atom. The minimum Gasteiger partial charge on any atom is -0.276 e. The lowest BCUT2D eigenvalue weighted by Crippen LogP contribution is -2.52. The first kappa shape index (κ1) is 9.48. The average Bonchev–Trinajstić information content (AvgIpc) is 1.79. The molecule has 1 saturated heterocycles. The van der Waals surface area contributed by atoms with Crippen LogP contribution in [0.15, 0.2) is 0 Å². The Hall–Kier alpha value is -0.610. The van der Waals surface area contributed by atoms with E-state index in [1.165, 1.54) is 5.06 Å². The first-order valence-corrected chi connectivity index (χ1v) is 4.12. The van der Waals surface area contributed by atoms with E-state index in [1.54, 1.807) is 0 Å². The number of amides is 1. The number of hydroxylamine groups is 2. The number of hydrogen-bond donors (Lipinski definition) is 0. The highest BCUT2D eigenvalue weighted by Gasteiger charge is 2.28. The van der Waals surface area contributed by atoms with Gasteiger partial charge in [-0.3, -0.25) is 9.63 Å². The fourth-order valence-corrected chi connectivity index (χ4v) is 0.921. The van der Waals surface area contributed by atoms with Crippen LogP contribution in [0, 0.1) is 0 Å². The van der Waals surface area contributed by atoms with E-state index in [0.717, 1.165) is 13.0 Å². The summed E-state index contributed by atoms with van der Waals surface area (Å²) in [5.74, 6) is 0. The van der Waals surface area contributed by atoms with Crippen LogP contribution in [-0.2, 0) is 9.63 Å². The SMILES string of the molecule is CC(C)(C)ON(C=O)C1CC[N]1. The lowest BCUT2D eigenvalue weighted by atomic mass is 10.2. The van der Waals surface area contributed by atoms with Crippen molar-refractivity contribution in [2.45, 2.75) is 39.0 Å². The second-order valence-electron chi connectivity index (χ2n) is 3.84. The minimum atomic E-state index is -0.327. The van der Waals surface area contributed by atoms with Crippen molar-refractivity contribution in [2.24, 2.45) is 0 Å². The van der Waals surface area contributed by atoms with Crippen molar-refractivity contribution in [3.63, 3.8) is 0 Å². The van der Waals surface area contributed by atoms with Gasteiger partial charge in [0.2, 0.25) is 6.41 Å². The summed E-state index contributed by atoms with van der Waals surface area (Å²) in [6.45, 7) is 6.55. The lowest BCUT2D eigenvalue weighted by molar-refractivity contribution is -0.244. The molecule has 1 aliphatic rings. The summed E-state index contributed by atoms with van der Waals surface area (Å²) in [6, 6.07) is 0. The molecule has 0 aliphatic carbocycles. The van der Waals surface area contributed by atoms with Crippen molar-refractivity contribution in [1.82, 2.24) is 10.4 Å². The molecule has 12 heavy (non-hydrogen) atoms. The molecule has 4 heteroatoms. The third-order valence-corrected chi connectivity index (χ3v) is 1.50. The van der Waals surface area contributed by atoms with Crippen LogP contribution in [0.4, 0.5) is 0 Å². The zero-order valence-corrected chi connectivity index (χ0v) is 7.78. The molecule has 0 N–H and O–H groups in total. The van der Waals surface area contributed by atoms with E-state index in [1.807, 2.05) is 20.8 Å². The van der Waals surface area contributed by atoms with Crippen LogP contribution in [0.1, 0.15) is 27.2 Å². The Morgan fingerprint density at radius 2 is 2.17 bits per heavy atom. The van der Waals surface area contributed by atoms with Crippen LogP contribution in [0.25, 0.3) is 0 Å². The average molecular weight is 171 g/mol. The Balaban J connectivity index is 2.39. The van der Waals surface area contributed by atoms with E-state index in [9.17, 15) is 4.79 Å². The standard InChI is InChI=1S/C8H15N2O2/c1-8(2,3)12-10(6-11)7-4-5-9-7/h6-7H,4-5H2,1-3H3. The van der Waals surface area contributed by atoms with Gasteiger partial charge in [-0.25, -0.2) is 10.4 Å². The molecule has 1 radical (unpaired) electrons. The van der Waals surface area contributed by atoms with Crippen LogP contribution >= 0.6 is 0 Å². The molecule has 0 aromatic rings. The fourth-order valence-electron chi connectivity index (χ4n) is 0.921. The van der Waals surface area contributed by atoms with Gasteiger partial charge >= 0.3 is 0 Å². The van der Waals surface area contributed by atoms with Gasteiger partial charge in [-0.2, -0.15) is 0 Å². The van der Waals surface area contributed by atoms with Crippen LogP contribution in [0.2, 0.25) is 0 Å². The number of carbonyl (C=O) groups excluding carboxylic acids is 1. The molecule has 1 aliphatic heterocycles. The largest absolute Gasteiger partial charge is 0.276 e. The van der Waals surface area contributed by atoms with Gasteiger partial charge in [-0.15, -0.1) is 0 Å². The summed E-state index contributed by atoms with van der Waals surface area (Å²) >= 11 is 0. The first-order chi connectivity index (χ1) is 5.53. The van der Waals surface area contributed by atoms with Crippen molar-refractivity contribution in [2.75, 3.05) is 6.54 Å². The van der Waals surface area contributed by atoms with Crippen LogP contribution < -0.4 is 5.32 Å². The predicted octanol–water partition coefficient (Wildman–Crippen LogP) is 0.509. The summed E-state index contributed by atoms with van der Waals surface area (Å²) in [6.07, 6.45) is 1.55. The van der Waals surface area contributed by atoms with Crippen molar-refractivity contribution in [1.29, 1.82) is 0 Å². The smallest absolute Gasteiger partial charge is 0.234 e. The Labute approximate surface area is 72.8 Å². The van der Waals surface area contributed by atoms with Crippen molar-refractivity contribution in [3.8, 4) is 0 Å². The predicted molar refractivity (Wildman–Crippen MR) is 44.1 cm³/mol. The third kappa shape index (κ3) is 2.46. The quantitative estimate of drug-likeness (QED) is 0.458. The highest BCUT2D eigenvalue weighted by molar-refractivity contribution is 5.46. The molecule has 0 bridgehead atoms. The summed E-state index contributed by atoms with van der Waals surface area (Å²) in [5.41, 5.74) is -0.327. The van der Waals surface area contributed by atoms with Gasteiger partial charge in [-0.1, -0.05) is 0 Å². The fraction of sp³-hybridized carbons (Fsp3) is 0.875. The lowest BCUT2D eigenvalue weighted by Gasteiger charge is -2.36. The molecule has 0 aromatic heterocycles. The summed E-state index contributed by atoms with van der Waals surface area (Å²) in [7, 11) is 0. The molecule has 0 spiro atoms. The molecule has 0 saturated carbocycles. The normalized spacial score (nSPS) is 23.1. The molecular weight excluding hydrogens is 156 g/mol. The maximum atomic E-state index is 10.6. The Morgan fingerprint density at radius 3 is 2.42 bits per heavy atom. The van der Waals surface area contributed by atoms with Crippen molar-refractivity contribution >= 4 is 6.41 Å². The zero-order valence-electron chi connectivity index (χ0n) is 7.78. The maximum Gasteiger partial charge on any atom is 0.234 e. The molecule has 1 heterocycles. The van der Waals surface area contributed by atoms with Gasteiger partial charge in [0.15, 0.2) is 0 Å². The second kappa shape index (κ2) is 3.41. The van der Waals surface area contributed by atoms with Crippen LogP contribution in [-0.4, -0.2) is 29.8 Å². The first-order valence-electron chi connectivity index (χ1n) is 4.12. The number of rotatable bonds is 3. The molecule has 4 nitrogen and oxygen atoms in total. The van der Waals surface area contributed by atoms with Crippen LogP contribution in [0.5, 0.6) is 0 Å². The Bertz CT molecular complexity index is 161. The zero-order chi connectivity index (χ0) is 9.19. The van der Waals surface area contributed by atoms with Gasteiger partial charge in [0, 0.05) is 6.54 Å². The van der Waals surface area contributed by atoms with Gasteiger partial charge < -0.3 is 0 Å². The van der Waals surface area contributed by atoms with E-state index in [2.05, 4.69) is 5.32 Å². The molecule has 0 aromatic carbocycles.